The first-order valence-corrected chi connectivity index (χ1v) is 11.0. The molecule has 2 aromatic rings. The smallest absolute Gasteiger partial charge is 0.242 e. The third kappa shape index (κ3) is 4.32. The van der Waals surface area contributed by atoms with E-state index in [0.717, 1.165) is 8.61 Å². The van der Waals surface area contributed by atoms with E-state index >= 15 is 0 Å². The molecule has 7 nitrogen and oxygen atoms in total. The van der Waals surface area contributed by atoms with Crippen LogP contribution in [0.5, 0.6) is 11.5 Å². The van der Waals surface area contributed by atoms with Crippen molar-refractivity contribution < 1.29 is 21.6 Å². The molecule has 0 aromatic heterocycles. The monoisotopic (exact) mass is 412 g/mol. The van der Waals surface area contributed by atoms with Crippen molar-refractivity contribution in [3.8, 4) is 11.5 Å². The van der Waals surface area contributed by atoms with E-state index in [1.54, 1.807) is 38.1 Å². The van der Waals surface area contributed by atoms with E-state index in [-0.39, 0.29) is 9.79 Å². The highest BCUT2D eigenvalue weighted by Crippen LogP contribution is 2.32. The number of nitrogens with zero attached hydrogens (tertiary/aromatic N) is 2. The van der Waals surface area contributed by atoms with Gasteiger partial charge in [-0.2, -0.15) is 0 Å². The topological polar surface area (TPSA) is 84.0 Å². The second kappa shape index (κ2) is 7.59. The SMILES string of the molecule is Cc1cc(S(=O)(=O)N(C)C)cc(C)c1Oc1ccc(S(=O)(=O)N(C)C)cc1. The maximum absolute atomic E-state index is 12.3. The van der Waals surface area contributed by atoms with E-state index in [1.165, 1.54) is 40.3 Å². The van der Waals surface area contributed by atoms with Crippen molar-refractivity contribution in [2.45, 2.75) is 23.6 Å². The largest absolute Gasteiger partial charge is 0.457 e. The van der Waals surface area contributed by atoms with Crippen molar-refractivity contribution in [3.05, 3.63) is 47.5 Å². The molecule has 0 amide bonds. The molecule has 0 heterocycles. The average molecular weight is 413 g/mol. The van der Waals surface area contributed by atoms with Gasteiger partial charge in [0.15, 0.2) is 0 Å². The highest BCUT2D eigenvalue weighted by Gasteiger charge is 2.20. The highest BCUT2D eigenvalue weighted by atomic mass is 32.2. The molecule has 0 N–H and O–H groups in total. The van der Waals surface area contributed by atoms with Crippen molar-refractivity contribution in [3.63, 3.8) is 0 Å². The molecule has 0 unspecified atom stereocenters. The Hall–Kier alpha value is -1.94. The zero-order chi connectivity index (χ0) is 20.6. The van der Waals surface area contributed by atoms with Crippen molar-refractivity contribution in [2.75, 3.05) is 28.2 Å². The lowest BCUT2D eigenvalue weighted by atomic mass is 10.1. The van der Waals surface area contributed by atoms with E-state index in [2.05, 4.69) is 0 Å². The van der Waals surface area contributed by atoms with Gasteiger partial charge in [-0.15, -0.1) is 0 Å². The van der Waals surface area contributed by atoms with Crippen molar-refractivity contribution in [1.82, 2.24) is 8.61 Å². The van der Waals surface area contributed by atoms with Gasteiger partial charge in [-0.25, -0.2) is 25.4 Å². The molecule has 0 saturated heterocycles. The molecular formula is C18H24N2O5S2. The van der Waals surface area contributed by atoms with Gasteiger partial charge >= 0.3 is 0 Å². The molecule has 0 spiro atoms. The summed E-state index contributed by atoms with van der Waals surface area (Å²) in [5.74, 6) is 0.998. The molecule has 148 valence electrons. The molecule has 0 aliphatic heterocycles. The number of sulfonamides is 2. The fraction of sp³-hybridized carbons (Fsp3) is 0.333. The summed E-state index contributed by atoms with van der Waals surface area (Å²) in [6.07, 6.45) is 0. The van der Waals surface area contributed by atoms with E-state index in [0.29, 0.717) is 22.6 Å². The molecule has 9 heteroatoms. The summed E-state index contributed by atoms with van der Waals surface area (Å²) >= 11 is 0. The molecule has 2 rings (SSSR count). The van der Waals surface area contributed by atoms with Crippen LogP contribution >= 0.6 is 0 Å². The maximum atomic E-state index is 12.3. The van der Waals surface area contributed by atoms with Crippen LogP contribution in [0.4, 0.5) is 0 Å². The summed E-state index contributed by atoms with van der Waals surface area (Å²) < 4.78 is 57.1. The summed E-state index contributed by atoms with van der Waals surface area (Å²) in [6.45, 7) is 3.53. The normalized spacial score (nSPS) is 12.6. The highest BCUT2D eigenvalue weighted by molar-refractivity contribution is 7.89. The number of rotatable bonds is 6. The van der Waals surface area contributed by atoms with Crippen molar-refractivity contribution in [1.29, 1.82) is 0 Å². The lowest BCUT2D eigenvalue weighted by Gasteiger charge is -2.17. The van der Waals surface area contributed by atoms with Gasteiger partial charge < -0.3 is 4.74 Å². The zero-order valence-corrected chi connectivity index (χ0v) is 17.8. The first-order chi connectivity index (χ1) is 12.4. The number of aryl methyl sites for hydroxylation is 2. The minimum atomic E-state index is -3.54. The summed E-state index contributed by atoms with van der Waals surface area (Å²) in [5, 5.41) is 0. The van der Waals surface area contributed by atoms with Gasteiger partial charge in [0, 0.05) is 28.2 Å². The maximum Gasteiger partial charge on any atom is 0.242 e. The molecule has 0 bridgehead atoms. The number of hydrogen-bond acceptors (Lipinski definition) is 5. The lowest BCUT2D eigenvalue weighted by molar-refractivity contribution is 0.473. The van der Waals surface area contributed by atoms with E-state index in [1.807, 2.05) is 0 Å². The van der Waals surface area contributed by atoms with E-state index in [4.69, 9.17) is 4.74 Å². The second-order valence-corrected chi connectivity index (χ2v) is 10.8. The third-order valence-corrected chi connectivity index (χ3v) is 7.66. The Labute approximate surface area is 161 Å². The Bertz CT molecular complexity index is 1020. The first-order valence-electron chi connectivity index (χ1n) is 8.11. The molecular weight excluding hydrogens is 388 g/mol. The standard InChI is InChI=1S/C18H24N2O5S2/c1-13-11-17(27(23,24)20(5)6)12-14(2)18(13)25-15-7-9-16(10-8-15)26(21,22)19(3)4/h7-12H,1-6H3. The molecule has 2 aromatic carbocycles. The molecule has 0 radical (unpaired) electrons. The van der Waals surface area contributed by atoms with Gasteiger partial charge in [0.25, 0.3) is 0 Å². The Morgan fingerprint density at radius 2 is 1.11 bits per heavy atom. The van der Waals surface area contributed by atoms with Crippen molar-refractivity contribution in [2.24, 2.45) is 0 Å². The van der Waals surface area contributed by atoms with Crippen LogP contribution in [0, 0.1) is 13.8 Å². The van der Waals surface area contributed by atoms with Gasteiger partial charge in [0.05, 0.1) is 9.79 Å². The molecule has 0 aliphatic rings. The molecule has 0 aliphatic carbocycles. The summed E-state index contributed by atoms with van der Waals surface area (Å²) in [6, 6.07) is 9.20. The average Bonchev–Trinajstić information content (AvgIpc) is 2.58. The van der Waals surface area contributed by atoms with Crippen molar-refractivity contribution >= 4 is 20.0 Å². The van der Waals surface area contributed by atoms with Crippen LogP contribution in [0.3, 0.4) is 0 Å². The second-order valence-electron chi connectivity index (χ2n) is 6.53. The third-order valence-electron chi connectivity index (χ3n) is 4.03. The Morgan fingerprint density at radius 3 is 1.52 bits per heavy atom. The minimum absolute atomic E-state index is 0.167. The van der Waals surface area contributed by atoms with Crippen LogP contribution in [-0.4, -0.2) is 53.6 Å². The van der Waals surface area contributed by atoms with Gasteiger partial charge in [-0.3, -0.25) is 0 Å². The van der Waals surface area contributed by atoms with Gasteiger partial charge in [0.2, 0.25) is 20.0 Å². The zero-order valence-electron chi connectivity index (χ0n) is 16.2. The fourth-order valence-electron chi connectivity index (χ4n) is 2.44. The number of benzene rings is 2. The van der Waals surface area contributed by atoms with Crippen LogP contribution in [0.2, 0.25) is 0 Å². The summed E-state index contributed by atoms with van der Waals surface area (Å²) in [5.41, 5.74) is 1.33. The predicted molar refractivity (Wildman–Crippen MR) is 104 cm³/mol. The van der Waals surface area contributed by atoms with Crippen LogP contribution in [0.15, 0.2) is 46.2 Å². The van der Waals surface area contributed by atoms with E-state index < -0.39 is 20.0 Å². The lowest BCUT2D eigenvalue weighted by Crippen LogP contribution is -2.22. The quantitative estimate of drug-likeness (QED) is 0.728. The summed E-state index contributed by atoms with van der Waals surface area (Å²) in [7, 11) is -1.15. The Morgan fingerprint density at radius 1 is 0.704 bits per heavy atom. The fourth-order valence-corrected chi connectivity index (χ4v) is 4.41. The number of hydrogen-bond donors (Lipinski definition) is 0. The number of ether oxygens (including phenoxy) is 1. The van der Waals surface area contributed by atoms with Gasteiger partial charge in [0.1, 0.15) is 11.5 Å². The molecule has 0 fully saturated rings. The van der Waals surface area contributed by atoms with Crippen LogP contribution in [0.1, 0.15) is 11.1 Å². The van der Waals surface area contributed by atoms with Gasteiger partial charge in [-0.1, -0.05) is 0 Å². The van der Waals surface area contributed by atoms with Crippen LogP contribution in [0.25, 0.3) is 0 Å². The Kier molecular flexibility index (Phi) is 6.00. The minimum Gasteiger partial charge on any atom is -0.457 e. The molecule has 0 atom stereocenters. The van der Waals surface area contributed by atoms with E-state index in [9.17, 15) is 16.8 Å². The molecule has 0 saturated carbocycles. The Balaban J connectivity index is 2.36. The van der Waals surface area contributed by atoms with Crippen LogP contribution < -0.4 is 4.74 Å². The first kappa shape index (κ1) is 21.4. The molecule has 27 heavy (non-hydrogen) atoms. The summed E-state index contributed by atoms with van der Waals surface area (Å²) in [4.78, 5) is 0.364. The van der Waals surface area contributed by atoms with Crippen LogP contribution in [-0.2, 0) is 20.0 Å². The van der Waals surface area contributed by atoms with Gasteiger partial charge in [-0.05, 0) is 61.4 Å². The predicted octanol–water partition coefficient (Wildman–Crippen LogP) is 2.60.